The van der Waals surface area contributed by atoms with Gasteiger partial charge in [0.1, 0.15) is 5.65 Å². The quantitative estimate of drug-likeness (QED) is 0.777. The predicted octanol–water partition coefficient (Wildman–Crippen LogP) is 3.19. The lowest BCUT2D eigenvalue weighted by Gasteiger charge is -2.23. The van der Waals surface area contributed by atoms with Crippen molar-refractivity contribution in [2.75, 3.05) is 0 Å². The summed E-state index contributed by atoms with van der Waals surface area (Å²) < 4.78 is 1.58. The molecule has 25 heavy (non-hydrogen) atoms. The Morgan fingerprint density at radius 3 is 2.64 bits per heavy atom. The Morgan fingerprint density at radius 1 is 1.16 bits per heavy atom. The molecule has 3 heterocycles. The molecule has 3 aromatic heterocycles. The lowest BCUT2D eigenvalue weighted by atomic mass is 9.97. The summed E-state index contributed by atoms with van der Waals surface area (Å²) in [6.45, 7) is 8.90. The molecule has 5 nitrogen and oxygen atoms in total. The van der Waals surface area contributed by atoms with E-state index in [2.05, 4.69) is 42.1 Å². The van der Waals surface area contributed by atoms with E-state index in [0.717, 1.165) is 22.5 Å². The van der Waals surface area contributed by atoms with Crippen molar-refractivity contribution in [2.24, 2.45) is 5.92 Å². The summed E-state index contributed by atoms with van der Waals surface area (Å²) in [7, 11) is 0. The zero-order valence-corrected chi connectivity index (χ0v) is 15.2. The molecule has 1 atom stereocenters. The molecule has 0 amide bonds. The van der Waals surface area contributed by atoms with Crippen LogP contribution < -0.4 is 10.9 Å². The number of aryl methyl sites for hydroxylation is 2. The van der Waals surface area contributed by atoms with Gasteiger partial charge in [-0.1, -0.05) is 26.0 Å². The molecule has 5 heteroatoms. The number of hydrogen-bond donors (Lipinski definition) is 1. The van der Waals surface area contributed by atoms with Crippen LogP contribution in [0.4, 0.5) is 0 Å². The van der Waals surface area contributed by atoms with Gasteiger partial charge in [0.05, 0.1) is 17.4 Å². The van der Waals surface area contributed by atoms with E-state index in [1.54, 1.807) is 16.7 Å². The summed E-state index contributed by atoms with van der Waals surface area (Å²) in [4.78, 5) is 21.5. The third kappa shape index (κ3) is 3.61. The van der Waals surface area contributed by atoms with Gasteiger partial charge in [0, 0.05) is 25.0 Å². The Morgan fingerprint density at radius 2 is 1.92 bits per heavy atom. The molecule has 0 bridgehead atoms. The van der Waals surface area contributed by atoms with E-state index < -0.39 is 0 Å². The molecule has 0 aliphatic heterocycles. The first-order valence-electron chi connectivity index (χ1n) is 8.60. The second-order valence-electron chi connectivity index (χ2n) is 6.78. The Bertz CT molecular complexity index is 946. The fraction of sp³-hybridized carbons (Fsp3) is 0.350. The lowest BCUT2D eigenvalue weighted by Crippen LogP contribution is -2.28. The van der Waals surface area contributed by atoms with Gasteiger partial charge in [0.15, 0.2) is 0 Å². The Labute approximate surface area is 147 Å². The van der Waals surface area contributed by atoms with E-state index in [4.69, 9.17) is 0 Å². The molecule has 0 aromatic carbocycles. The average molecular weight is 336 g/mol. The van der Waals surface area contributed by atoms with E-state index in [-0.39, 0.29) is 11.6 Å². The van der Waals surface area contributed by atoms with Crippen LogP contribution in [-0.2, 0) is 6.54 Å². The molecule has 0 spiro atoms. The summed E-state index contributed by atoms with van der Waals surface area (Å²) in [6.07, 6.45) is 3.58. The van der Waals surface area contributed by atoms with Gasteiger partial charge in [-0.25, -0.2) is 4.98 Å². The highest BCUT2D eigenvalue weighted by Gasteiger charge is 2.19. The summed E-state index contributed by atoms with van der Waals surface area (Å²) in [5.74, 6) is 0.372. The van der Waals surface area contributed by atoms with Crippen LogP contribution in [0.25, 0.3) is 5.65 Å². The summed E-state index contributed by atoms with van der Waals surface area (Å²) >= 11 is 0. The fourth-order valence-corrected chi connectivity index (χ4v) is 3.09. The van der Waals surface area contributed by atoms with Crippen molar-refractivity contribution in [3.05, 3.63) is 75.6 Å². The van der Waals surface area contributed by atoms with Crippen molar-refractivity contribution in [3.8, 4) is 0 Å². The number of fused-ring (bicyclic) bond motifs is 1. The van der Waals surface area contributed by atoms with Crippen LogP contribution in [0.5, 0.6) is 0 Å². The van der Waals surface area contributed by atoms with Crippen LogP contribution in [-0.4, -0.2) is 14.4 Å². The van der Waals surface area contributed by atoms with E-state index >= 15 is 0 Å². The minimum absolute atomic E-state index is 0.0550. The van der Waals surface area contributed by atoms with Crippen LogP contribution in [0.15, 0.2) is 47.5 Å². The number of rotatable bonds is 5. The zero-order chi connectivity index (χ0) is 18.0. The van der Waals surface area contributed by atoms with E-state index in [1.165, 1.54) is 0 Å². The van der Waals surface area contributed by atoms with Crippen LogP contribution in [0.2, 0.25) is 0 Å². The van der Waals surface area contributed by atoms with Gasteiger partial charge in [-0.2, -0.15) is 0 Å². The number of nitrogens with zero attached hydrogens (tertiary/aromatic N) is 3. The highest BCUT2D eigenvalue weighted by Crippen LogP contribution is 2.22. The molecule has 130 valence electrons. The minimum Gasteiger partial charge on any atom is -0.303 e. The van der Waals surface area contributed by atoms with Gasteiger partial charge in [0.25, 0.3) is 5.56 Å². The summed E-state index contributed by atoms with van der Waals surface area (Å²) in [5, 5.41) is 3.53. The maximum atomic E-state index is 12.3. The standard InChI is InChI=1S/C20H24N4O/c1-13(2)18(19-14(3)7-5-9-21-19)22-12-16-11-17(25)24-10-6-8-15(4)20(24)23-16/h5-11,13,18,22H,12H2,1-4H3. The van der Waals surface area contributed by atoms with Crippen molar-refractivity contribution in [3.63, 3.8) is 0 Å². The highest BCUT2D eigenvalue weighted by atomic mass is 16.1. The smallest absolute Gasteiger partial charge is 0.258 e. The topological polar surface area (TPSA) is 59.3 Å². The molecular formula is C20H24N4O. The van der Waals surface area contributed by atoms with E-state index in [9.17, 15) is 4.79 Å². The van der Waals surface area contributed by atoms with E-state index in [0.29, 0.717) is 18.1 Å². The van der Waals surface area contributed by atoms with Gasteiger partial charge in [-0.3, -0.25) is 14.2 Å². The number of nitrogens with one attached hydrogen (secondary N) is 1. The first-order chi connectivity index (χ1) is 12.0. The van der Waals surface area contributed by atoms with Gasteiger partial charge >= 0.3 is 0 Å². The minimum atomic E-state index is -0.0550. The molecule has 0 radical (unpaired) electrons. The molecule has 3 aromatic rings. The maximum Gasteiger partial charge on any atom is 0.258 e. The highest BCUT2D eigenvalue weighted by molar-refractivity contribution is 5.46. The van der Waals surface area contributed by atoms with Crippen molar-refractivity contribution in [1.82, 2.24) is 19.7 Å². The average Bonchev–Trinajstić information content (AvgIpc) is 2.57. The molecule has 0 aliphatic carbocycles. The fourth-order valence-electron chi connectivity index (χ4n) is 3.09. The molecule has 0 aliphatic rings. The Balaban J connectivity index is 1.89. The molecule has 1 unspecified atom stereocenters. The SMILES string of the molecule is Cc1cccnc1C(NCc1cc(=O)n2cccc(C)c2n1)C(C)C. The summed E-state index contributed by atoms with van der Waals surface area (Å²) in [5.41, 5.74) is 4.60. The Kier molecular flexibility index (Phi) is 4.95. The van der Waals surface area contributed by atoms with E-state index in [1.807, 2.05) is 31.3 Å². The predicted molar refractivity (Wildman–Crippen MR) is 99.6 cm³/mol. The molecule has 0 saturated heterocycles. The first kappa shape index (κ1) is 17.3. The van der Waals surface area contributed by atoms with Gasteiger partial charge in [-0.05, 0) is 43.0 Å². The number of aromatic nitrogens is 3. The monoisotopic (exact) mass is 336 g/mol. The third-order valence-electron chi connectivity index (χ3n) is 4.45. The summed E-state index contributed by atoms with van der Waals surface area (Å²) in [6, 6.07) is 9.56. The van der Waals surface area contributed by atoms with Crippen molar-refractivity contribution in [2.45, 2.75) is 40.3 Å². The zero-order valence-electron chi connectivity index (χ0n) is 15.2. The molecular weight excluding hydrogens is 312 g/mol. The largest absolute Gasteiger partial charge is 0.303 e. The van der Waals surface area contributed by atoms with Crippen LogP contribution in [0.3, 0.4) is 0 Å². The molecule has 0 fully saturated rings. The second-order valence-corrected chi connectivity index (χ2v) is 6.78. The van der Waals surface area contributed by atoms with Crippen LogP contribution in [0, 0.1) is 19.8 Å². The van der Waals surface area contributed by atoms with Crippen LogP contribution in [0.1, 0.15) is 42.4 Å². The third-order valence-corrected chi connectivity index (χ3v) is 4.45. The second kappa shape index (κ2) is 7.15. The first-order valence-corrected chi connectivity index (χ1v) is 8.60. The molecule has 0 saturated carbocycles. The van der Waals surface area contributed by atoms with Gasteiger partial charge in [-0.15, -0.1) is 0 Å². The maximum absolute atomic E-state index is 12.3. The van der Waals surface area contributed by atoms with Gasteiger partial charge in [0.2, 0.25) is 0 Å². The number of hydrogen-bond acceptors (Lipinski definition) is 4. The van der Waals surface area contributed by atoms with Crippen molar-refractivity contribution >= 4 is 5.65 Å². The van der Waals surface area contributed by atoms with Crippen molar-refractivity contribution < 1.29 is 0 Å². The lowest BCUT2D eigenvalue weighted by molar-refractivity contribution is 0.398. The molecule has 1 N–H and O–H groups in total. The number of pyridine rings is 2. The van der Waals surface area contributed by atoms with Crippen molar-refractivity contribution in [1.29, 1.82) is 0 Å². The van der Waals surface area contributed by atoms with Gasteiger partial charge < -0.3 is 5.32 Å². The Hall–Kier alpha value is -2.53. The van der Waals surface area contributed by atoms with Crippen LogP contribution >= 0.6 is 0 Å². The molecule has 3 rings (SSSR count). The normalized spacial score (nSPS) is 12.7.